The van der Waals surface area contributed by atoms with Gasteiger partial charge in [-0.25, -0.2) is 4.79 Å². The van der Waals surface area contributed by atoms with Crippen molar-refractivity contribution in [3.05, 3.63) is 29.3 Å². The van der Waals surface area contributed by atoms with Crippen molar-refractivity contribution in [2.75, 3.05) is 11.9 Å². The Hall–Kier alpha value is -2.37. The smallest absolute Gasteiger partial charge is 0.324 e. The summed E-state index contributed by atoms with van der Waals surface area (Å²) in [6.07, 6.45) is 3.54. The molecule has 0 unspecified atom stereocenters. The van der Waals surface area contributed by atoms with Crippen molar-refractivity contribution in [1.29, 1.82) is 0 Å². The molecule has 1 aromatic carbocycles. The van der Waals surface area contributed by atoms with Crippen LogP contribution >= 0.6 is 0 Å². The van der Waals surface area contributed by atoms with Crippen LogP contribution in [-0.4, -0.2) is 34.8 Å². The highest BCUT2D eigenvalue weighted by Gasteiger charge is 2.55. The second-order valence-corrected chi connectivity index (χ2v) is 7.24. The fraction of sp³-hybridized carbons (Fsp3) is 0.526. The Bertz CT molecular complexity index is 731. The minimum Gasteiger partial charge on any atom is -0.324 e. The molecular formula is C19H25N3O3. The Kier molecular flexibility index (Phi) is 4.54. The fourth-order valence-corrected chi connectivity index (χ4v) is 3.86. The standard InChI is InChI=1S/C19H25N3O3/c1-12-7-6-9-15(14(12)3)20-16(23)11-22-17(24)19(21-18(22)25)10-5-4-8-13(19)2/h6-7,9,13H,4-5,8,10-11H2,1-3H3,(H,20,23)(H,21,25)/t13-,19-/m0/s1. The van der Waals surface area contributed by atoms with Crippen LogP contribution in [0.5, 0.6) is 0 Å². The van der Waals surface area contributed by atoms with Crippen LogP contribution in [0.25, 0.3) is 0 Å². The van der Waals surface area contributed by atoms with E-state index in [4.69, 9.17) is 0 Å². The van der Waals surface area contributed by atoms with Gasteiger partial charge in [-0.05, 0) is 49.8 Å². The monoisotopic (exact) mass is 343 g/mol. The molecule has 1 spiro atoms. The first-order chi connectivity index (χ1) is 11.8. The molecule has 3 rings (SSSR count). The van der Waals surface area contributed by atoms with Crippen molar-refractivity contribution < 1.29 is 14.4 Å². The summed E-state index contributed by atoms with van der Waals surface area (Å²) < 4.78 is 0. The summed E-state index contributed by atoms with van der Waals surface area (Å²) in [5, 5.41) is 5.67. The van der Waals surface area contributed by atoms with Crippen molar-refractivity contribution >= 4 is 23.5 Å². The molecule has 1 heterocycles. The zero-order chi connectivity index (χ0) is 18.2. The molecule has 2 atom stereocenters. The van der Waals surface area contributed by atoms with E-state index in [-0.39, 0.29) is 24.3 Å². The largest absolute Gasteiger partial charge is 0.325 e. The number of carbonyl (C=O) groups is 3. The molecular weight excluding hydrogens is 318 g/mol. The summed E-state index contributed by atoms with van der Waals surface area (Å²) in [6.45, 7) is 5.64. The number of hydrogen-bond acceptors (Lipinski definition) is 3. The van der Waals surface area contributed by atoms with Crippen molar-refractivity contribution in [1.82, 2.24) is 10.2 Å². The predicted octanol–water partition coefficient (Wildman–Crippen LogP) is 2.74. The van der Waals surface area contributed by atoms with Gasteiger partial charge in [0.1, 0.15) is 12.1 Å². The van der Waals surface area contributed by atoms with Gasteiger partial charge in [0.15, 0.2) is 0 Å². The molecule has 6 nitrogen and oxygen atoms in total. The molecule has 2 N–H and O–H groups in total. The van der Waals surface area contributed by atoms with Gasteiger partial charge in [0, 0.05) is 5.69 Å². The van der Waals surface area contributed by atoms with E-state index in [1.807, 2.05) is 39.0 Å². The van der Waals surface area contributed by atoms with E-state index in [2.05, 4.69) is 10.6 Å². The van der Waals surface area contributed by atoms with Gasteiger partial charge in [0.25, 0.3) is 5.91 Å². The minimum atomic E-state index is -0.825. The van der Waals surface area contributed by atoms with Gasteiger partial charge in [0.2, 0.25) is 5.91 Å². The maximum atomic E-state index is 12.9. The minimum absolute atomic E-state index is 0.0878. The van der Waals surface area contributed by atoms with Gasteiger partial charge in [-0.2, -0.15) is 0 Å². The van der Waals surface area contributed by atoms with E-state index >= 15 is 0 Å². The number of rotatable bonds is 3. The van der Waals surface area contributed by atoms with Crippen LogP contribution in [0.4, 0.5) is 10.5 Å². The lowest BCUT2D eigenvalue weighted by Crippen LogP contribution is -2.54. The van der Waals surface area contributed by atoms with E-state index in [1.165, 1.54) is 0 Å². The van der Waals surface area contributed by atoms with Crippen LogP contribution in [0.2, 0.25) is 0 Å². The molecule has 4 amide bonds. The Morgan fingerprint density at radius 2 is 2.08 bits per heavy atom. The lowest BCUT2D eigenvalue weighted by atomic mass is 9.73. The molecule has 2 fully saturated rings. The highest BCUT2D eigenvalue weighted by Crippen LogP contribution is 2.38. The summed E-state index contributed by atoms with van der Waals surface area (Å²) in [7, 11) is 0. The average molecular weight is 343 g/mol. The third kappa shape index (κ3) is 3.01. The first-order valence-electron chi connectivity index (χ1n) is 8.85. The molecule has 0 radical (unpaired) electrons. The lowest BCUT2D eigenvalue weighted by Gasteiger charge is -2.36. The molecule has 6 heteroatoms. The lowest BCUT2D eigenvalue weighted by molar-refractivity contribution is -0.136. The van der Waals surface area contributed by atoms with Crippen molar-refractivity contribution in [2.24, 2.45) is 5.92 Å². The topological polar surface area (TPSA) is 78.5 Å². The van der Waals surface area contributed by atoms with Crippen LogP contribution in [0.3, 0.4) is 0 Å². The number of urea groups is 1. The second-order valence-electron chi connectivity index (χ2n) is 7.24. The Balaban J connectivity index is 1.72. The molecule has 1 saturated heterocycles. The Morgan fingerprint density at radius 3 is 2.80 bits per heavy atom. The van der Waals surface area contributed by atoms with Crippen molar-refractivity contribution in [2.45, 2.75) is 52.0 Å². The van der Waals surface area contributed by atoms with Crippen LogP contribution in [-0.2, 0) is 9.59 Å². The number of carbonyl (C=O) groups excluding carboxylic acids is 3. The van der Waals surface area contributed by atoms with E-state index in [0.29, 0.717) is 12.1 Å². The van der Waals surface area contributed by atoms with Crippen LogP contribution in [0.15, 0.2) is 18.2 Å². The average Bonchev–Trinajstić information content (AvgIpc) is 2.80. The summed E-state index contributed by atoms with van der Waals surface area (Å²) in [5.41, 5.74) is 1.93. The number of nitrogens with one attached hydrogen (secondary N) is 2. The molecule has 25 heavy (non-hydrogen) atoms. The van der Waals surface area contributed by atoms with Crippen molar-refractivity contribution in [3.8, 4) is 0 Å². The molecule has 0 bridgehead atoms. The maximum Gasteiger partial charge on any atom is 0.325 e. The number of hydrogen-bond donors (Lipinski definition) is 2. The van der Waals surface area contributed by atoms with Gasteiger partial charge >= 0.3 is 6.03 Å². The molecule has 134 valence electrons. The number of aryl methyl sites for hydroxylation is 1. The van der Waals surface area contributed by atoms with Gasteiger partial charge in [-0.1, -0.05) is 31.9 Å². The number of imide groups is 1. The Labute approximate surface area is 148 Å². The summed E-state index contributed by atoms with van der Waals surface area (Å²) in [6, 6.07) is 5.19. The molecule has 0 aromatic heterocycles. The van der Waals surface area contributed by atoms with Crippen LogP contribution in [0, 0.1) is 19.8 Å². The van der Waals surface area contributed by atoms with Crippen LogP contribution in [0.1, 0.15) is 43.7 Å². The number of benzene rings is 1. The zero-order valence-corrected chi connectivity index (χ0v) is 15.0. The predicted molar refractivity (Wildman–Crippen MR) is 95.2 cm³/mol. The zero-order valence-electron chi connectivity index (χ0n) is 15.0. The van der Waals surface area contributed by atoms with Gasteiger partial charge in [-0.3, -0.25) is 14.5 Å². The Morgan fingerprint density at radius 1 is 1.32 bits per heavy atom. The molecule has 1 aromatic rings. The first kappa shape index (κ1) is 17.5. The van der Waals surface area contributed by atoms with Gasteiger partial charge < -0.3 is 10.6 Å². The van der Waals surface area contributed by atoms with E-state index in [0.717, 1.165) is 35.3 Å². The third-order valence-electron chi connectivity index (χ3n) is 5.68. The van der Waals surface area contributed by atoms with Gasteiger partial charge in [0.05, 0.1) is 0 Å². The summed E-state index contributed by atoms with van der Waals surface area (Å²) in [4.78, 5) is 38.7. The highest BCUT2D eigenvalue weighted by molar-refractivity contribution is 6.10. The number of nitrogens with zero attached hydrogens (tertiary/aromatic N) is 1. The molecule has 1 aliphatic heterocycles. The molecule has 1 aliphatic carbocycles. The quantitative estimate of drug-likeness (QED) is 0.828. The SMILES string of the molecule is Cc1cccc(NC(=O)CN2C(=O)N[C@]3(CCCC[C@@H]3C)C2=O)c1C. The summed E-state index contributed by atoms with van der Waals surface area (Å²) in [5.74, 6) is -0.539. The number of anilines is 1. The third-order valence-corrected chi connectivity index (χ3v) is 5.68. The summed E-state index contributed by atoms with van der Waals surface area (Å²) >= 11 is 0. The first-order valence-corrected chi connectivity index (χ1v) is 8.85. The molecule has 1 saturated carbocycles. The van der Waals surface area contributed by atoms with E-state index < -0.39 is 11.6 Å². The second kappa shape index (κ2) is 6.50. The van der Waals surface area contributed by atoms with E-state index in [9.17, 15) is 14.4 Å². The van der Waals surface area contributed by atoms with Crippen molar-refractivity contribution in [3.63, 3.8) is 0 Å². The molecule has 2 aliphatic rings. The highest BCUT2D eigenvalue weighted by atomic mass is 16.2. The van der Waals surface area contributed by atoms with Gasteiger partial charge in [-0.15, -0.1) is 0 Å². The van der Waals surface area contributed by atoms with Crippen LogP contribution < -0.4 is 10.6 Å². The van der Waals surface area contributed by atoms with E-state index in [1.54, 1.807) is 0 Å². The number of amides is 4. The normalized spacial score (nSPS) is 26.0. The fourth-order valence-electron chi connectivity index (χ4n) is 3.86. The maximum absolute atomic E-state index is 12.9.